The minimum absolute atomic E-state index is 0.0872. The van der Waals surface area contributed by atoms with Crippen molar-refractivity contribution in [3.63, 3.8) is 0 Å². The Morgan fingerprint density at radius 3 is 2.44 bits per heavy atom. The molecule has 0 saturated heterocycles. The van der Waals surface area contributed by atoms with Crippen LogP contribution < -0.4 is 10.1 Å². The SMILES string of the molecule is COc1ccc(/C=C/C(=O)NCCc2ccccc2)c2ccccc12. The third kappa shape index (κ3) is 4.27. The van der Waals surface area contributed by atoms with Crippen LogP contribution in [0.25, 0.3) is 16.8 Å². The maximum Gasteiger partial charge on any atom is 0.244 e. The van der Waals surface area contributed by atoms with Crippen molar-refractivity contribution in [3.8, 4) is 5.75 Å². The molecular weight excluding hydrogens is 310 g/mol. The third-order valence-corrected chi connectivity index (χ3v) is 4.11. The summed E-state index contributed by atoms with van der Waals surface area (Å²) in [5.74, 6) is 0.746. The van der Waals surface area contributed by atoms with Gasteiger partial charge >= 0.3 is 0 Å². The number of hydrogen-bond donors (Lipinski definition) is 1. The maximum absolute atomic E-state index is 12.0. The predicted octanol–water partition coefficient (Wildman–Crippen LogP) is 4.22. The normalized spacial score (nSPS) is 10.9. The van der Waals surface area contributed by atoms with Crippen LogP contribution in [0.4, 0.5) is 0 Å². The Kier molecular flexibility index (Phi) is 5.47. The number of methoxy groups -OCH3 is 1. The molecule has 0 unspecified atom stereocenters. The highest BCUT2D eigenvalue weighted by atomic mass is 16.5. The smallest absolute Gasteiger partial charge is 0.244 e. The Hall–Kier alpha value is -3.07. The molecule has 0 fully saturated rings. The lowest BCUT2D eigenvalue weighted by molar-refractivity contribution is -0.116. The number of ether oxygens (including phenoxy) is 1. The quantitative estimate of drug-likeness (QED) is 0.687. The van der Waals surface area contributed by atoms with E-state index in [1.165, 1.54) is 5.56 Å². The molecule has 0 aromatic heterocycles. The minimum Gasteiger partial charge on any atom is -0.496 e. The van der Waals surface area contributed by atoms with Crippen molar-refractivity contribution in [1.82, 2.24) is 5.32 Å². The topological polar surface area (TPSA) is 38.3 Å². The number of amides is 1. The zero-order valence-electron chi connectivity index (χ0n) is 14.2. The first kappa shape index (κ1) is 16.8. The van der Waals surface area contributed by atoms with Crippen molar-refractivity contribution in [2.75, 3.05) is 13.7 Å². The highest BCUT2D eigenvalue weighted by Gasteiger charge is 2.04. The monoisotopic (exact) mass is 331 g/mol. The average molecular weight is 331 g/mol. The van der Waals surface area contributed by atoms with Gasteiger partial charge in [-0.1, -0.05) is 60.7 Å². The van der Waals surface area contributed by atoms with E-state index in [0.717, 1.165) is 28.5 Å². The predicted molar refractivity (Wildman–Crippen MR) is 103 cm³/mol. The Morgan fingerprint density at radius 2 is 1.68 bits per heavy atom. The van der Waals surface area contributed by atoms with E-state index in [9.17, 15) is 4.79 Å². The molecule has 0 aliphatic rings. The molecule has 0 radical (unpaired) electrons. The van der Waals surface area contributed by atoms with Crippen LogP contribution in [0.15, 0.2) is 72.8 Å². The molecule has 0 aliphatic carbocycles. The van der Waals surface area contributed by atoms with Gasteiger partial charge in [-0.2, -0.15) is 0 Å². The number of hydrogen-bond acceptors (Lipinski definition) is 2. The molecule has 0 spiro atoms. The summed E-state index contributed by atoms with van der Waals surface area (Å²) in [6.07, 6.45) is 4.25. The third-order valence-electron chi connectivity index (χ3n) is 4.11. The molecule has 25 heavy (non-hydrogen) atoms. The summed E-state index contributed by atoms with van der Waals surface area (Å²) in [4.78, 5) is 12.0. The molecule has 1 N–H and O–H groups in total. The van der Waals surface area contributed by atoms with Gasteiger partial charge in [0.1, 0.15) is 5.75 Å². The molecule has 3 aromatic rings. The summed E-state index contributed by atoms with van der Waals surface area (Å²) in [7, 11) is 1.66. The summed E-state index contributed by atoms with van der Waals surface area (Å²) in [5, 5.41) is 5.03. The van der Waals surface area contributed by atoms with E-state index in [1.54, 1.807) is 13.2 Å². The van der Waals surface area contributed by atoms with Crippen molar-refractivity contribution < 1.29 is 9.53 Å². The van der Waals surface area contributed by atoms with Gasteiger partial charge in [0.25, 0.3) is 0 Å². The van der Waals surface area contributed by atoms with Crippen LogP contribution in [0.1, 0.15) is 11.1 Å². The van der Waals surface area contributed by atoms with Crippen LogP contribution in [0, 0.1) is 0 Å². The largest absolute Gasteiger partial charge is 0.496 e. The standard InChI is InChI=1S/C22H21NO2/c1-25-21-13-11-18(19-9-5-6-10-20(19)21)12-14-22(24)23-16-15-17-7-3-2-4-8-17/h2-14H,15-16H2,1H3,(H,23,24)/b14-12+. The second-order valence-corrected chi connectivity index (χ2v) is 5.76. The molecule has 3 heteroatoms. The van der Waals surface area contributed by atoms with Crippen LogP contribution in [-0.4, -0.2) is 19.6 Å². The number of fused-ring (bicyclic) bond motifs is 1. The van der Waals surface area contributed by atoms with E-state index >= 15 is 0 Å². The van der Waals surface area contributed by atoms with Gasteiger partial charge in [-0.25, -0.2) is 0 Å². The molecule has 0 aliphatic heterocycles. The highest BCUT2D eigenvalue weighted by molar-refractivity contribution is 5.98. The summed E-state index contributed by atoms with van der Waals surface area (Å²) in [6.45, 7) is 0.622. The molecule has 1 amide bonds. The second-order valence-electron chi connectivity index (χ2n) is 5.76. The van der Waals surface area contributed by atoms with Crippen LogP contribution in [0.2, 0.25) is 0 Å². The van der Waals surface area contributed by atoms with E-state index < -0.39 is 0 Å². The van der Waals surface area contributed by atoms with Crippen molar-refractivity contribution in [1.29, 1.82) is 0 Å². The van der Waals surface area contributed by atoms with Crippen molar-refractivity contribution in [3.05, 3.63) is 83.9 Å². The van der Waals surface area contributed by atoms with Crippen molar-refractivity contribution in [2.45, 2.75) is 6.42 Å². The van der Waals surface area contributed by atoms with E-state index in [-0.39, 0.29) is 5.91 Å². The minimum atomic E-state index is -0.0872. The first-order valence-electron chi connectivity index (χ1n) is 8.33. The number of carbonyl (C=O) groups excluding carboxylic acids is 1. The van der Waals surface area contributed by atoms with Gasteiger partial charge in [-0.05, 0) is 35.1 Å². The number of carbonyl (C=O) groups is 1. The number of nitrogens with one attached hydrogen (secondary N) is 1. The molecule has 0 bridgehead atoms. The average Bonchev–Trinajstić information content (AvgIpc) is 2.67. The maximum atomic E-state index is 12.0. The molecule has 3 rings (SSSR count). The van der Waals surface area contributed by atoms with Gasteiger partial charge in [0.05, 0.1) is 7.11 Å². The summed E-state index contributed by atoms with van der Waals surface area (Å²) >= 11 is 0. The number of benzene rings is 3. The molecular formula is C22H21NO2. The van der Waals surface area contributed by atoms with Crippen LogP contribution in [0.5, 0.6) is 5.75 Å². The highest BCUT2D eigenvalue weighted by Crippen LogP contribution is 2.28. The van der Waals surface area contributed by atoms with Crippen molar-refractivity contribution in [2.24, 2.45) is 0 Å². The van der Waals surface area contributed by atoms with E-state index in [0.29, 0.717) is 6.54 Å². The Bertz CT molecular complexity index is 885. The fourth-order valence-corrected chi connectivity index (χ4v) is 2.82. The molecule has 0 saturated carbocycles. The second kappa shape index (κ2) is 8.15. The van der Waals surface area contributed by atoms with Gasteiger partial charge in [0, 0.05) is 18.0 Å². The first-order chi connectivity index (χ1) is 12.3. The number of rotatable bonds is 6. The molecule has 0 heterocycles. The molecule has 3 aromatic carbocycles. The molecule has 0 atom stereocenters. The fraction of sp³-hybridized carbons (Fsp3) is 0.136. The van der Waals surface area contributed by atoms with Gasteiger partial charge in [-0.3, -0.25) is 4.79 Å². The zero-order valence-corrected chi connectivity index (χ0v) is 14.2. The van der Waals surface area contributed by atoms with Gasteiger partial charge in [-0.15, -0.1) is 0 Å². The van der Waals surface area contributed by atoms with Crippen LogP contribution in [-0.2, 0) is 11.2 Å². The van der Waals surface area contributed by atoms with E-state index in [4.69, 9.17) is 4.74 Å². The Labute approximate surface area is 147 Å². The van der Waals surface area contributed by atoms with Gasteiger partial charge < -0.3 is 10.1 Å². The van der Waals surface area contributed by atoms with Gasteiger partial charge in [0.15, 0.2) is 0 Å². The van der Waals surface area contributed by atoms with E-state index in [1.807, 2.05) is 60.7 Å². The Balaban J connectivity index is 1.65. The Morgan fingerprint density at radius 1 is 0.960 bits per heavy atom. The van der Waals surface area contributed by atoms with Crippen LogP contribution >= 0.6 is 0 Å². The summed E-state index contributed by atoms with van der Waals surface area (Å²) in [5.41, 5.74) is 2.21. The van der Waals surface area contributed by atoms with Crippen LogP contribution in [0.3, 0.4) is 0 Å². The van der Waals surface area contributed by atoms with Crippen molar-refractivity contribution >= 4 is 22.8 Å². The lowest BCUT2D eigenvalue weighted by atomic mass is 10.0. The zero-order chi connectivity index (χ0) is 17.5. The fourth-order valence-electron chi connectivity index (χ4n) is 2.82. The lowest BCUT2D eigenvalue weighted by Gasteiger charge is -2.08. The lowest BCUT2D eigenvalue weighted by Crippen LogP contribution is -2.23. The van der Waals surface area contributed by atoms with Gasteiger partial charge in [0.2, 0.25) is 5.91 Å². The summed E-state index contributed by atoms with van der Waals surface area (Å²) < 4.78 is 5.40. The summed E-state index contributed by atoms with van der Waals surface area (Å²) in [6, 6.07) is 22.0. The molecule has 126 valence electrons. The van der Waals surface area contributed by atoms with E-state index in [2.05, 4.69) is 17.4 Å². The molecule has 3 nitrogen and oxygen atoms in total. The first-order valence-corrected chi connectivity index (χ1v) is 8.33.